The second-order valence-corrected chi connectivity index (χ2v) is 12.6. The first-order valence-corrected chi connectivity index (χ1v) is 16.1. The van der Waals surface area contributed by atoms with Gasteiger partial charge in [-0.15, -0.1) is 0 Å². The van der Waals surface area contributed by atoms with Crippen LogP contribution in [0.25, 0.3) is 11.1 Å². The first-order valence-electron chi connectivity index (χ1n) is 15.7. The zero-order valence-corrected chi connectivity index (χ0v) is 28.7. The molecule has 2 aliphatic rings. The highest BCUT2D eigenvalue weighted by Gasteiger charge is 2.47. The minimum atomic E-state index is -0.928. The molecule has 2 aromatic carbocycles. The number of aromatic nitrogens is 3. The van der Waals surface area contributed by atoms with Crippen LogP contribution in [-0.2, 0) is 40.8 Å². The zero-order chi connectivity index (χ0) is 34.9. The molecule has 1 saturated heterocycles. The quantitative estimate of drug-likeness (QED) is 0.209. The summed E-state index contributed by atoms with van der Waals surface area (Å²) in [6.45, 7) is 4.13. The van der Waals surface area contributed by atoms with Crippen molar-refractivity contribution < 1.29 is 28.6 Å². The molecule has 0 bridgehead atoms. The van der Waals surface area contributed by atoms with Gasteiger partial charge in [0.25, 0.3) is 11.8 Å². The summed E-state index contributed by atoms with van der Waals surface area (Å²) >= 11 is 6.90. The number of fused-ring (bicyclic) bond motifs is 1. The van der Waals surface area contributed by atoms with E-state index in [0.717, 1.165) is 35.5 Å². The van der Waals surface area contributed by atoms with Crippen molar-refractivity contribution in [2.45, 2.75) is 32.0 Å². The lowest BCUT2D eigenvalue weighted by Crippen LogP contribution is -2.65. The highest BCUT2D eigenvalue weighted by molar-refractivity contribution is 6.36. The van der Waals surface area contributed by atoms with Crippen LogP contribution in [0.3, 0.4) is 0 Å². The topological polar surface area (TPSA) is 149 Å². The zero-order valence-electron chi connectivity index (χ0n) is 28.0. The highest BCUT2D eigenvalue weighted by atomic mass is 35.5. The van der Waals surface area contributed by atoms with Crippen LogP contribution in [-0.4, -0.2) is 83.8 Å². The second kappa shape index (κ2) is 14.0. The molecule has 6 rings (SSSR count). The van der Waals surface area contributed by atoms with Gasteiger partial charge in [-0.25, -0.2) is 9.78 Å². The molecule has 0 spiro atoms. The normalized spacial score (nSPS) is 15.1. The standard InChI is InChI=1S/C35H38ClN7O6/c1-20-22(23-9-7-11-25(30(23)36)41-33(45)31-39-27-17-42(2)13-12-28(27)43(31)3)8-6-10-24(20)40-32(44)26-14-29(47-4)21(15-37-26)16-38-35(18-49-19-35)34(46)48-5/h6-11,14-15,38H,12-13,16-19H2,1-5H3,(H,40,44)(H,41,45). The molecule has 0 saturated carbocycles. The van der Waals surface area contributed by atoms with Gasteiger partial charge >= 0.3 is 5.97 Å². The van der Waals surface area contributed by atoms with Crippen molar-refractivity contribution in [1.29, 1.82) is 0 Å². The number of esters is 1. The van der Waals surface area contributed by atoms with Gasteiger partial charge in [0.2, 0.25) is 0 Å². The number of pyridine rings is 1. The largest absolute Gasteiger partial charge is 0.496 e. The molecule has 4 aromatic rings. The van der Waals surface area contributed by atoms with E-state index in [9.17, 15) is 14.4 Å². The predicted molar refractivity (Wildman–Crippen MR) is 184 cm³/mol. The molecule has 3 N–H and O–H groups in total. The second-order valence-electron chi connectivity index (χ2n) is 12.2. The van der Waals surface area contributed by atoms with Gasteiger partial charge < -0.3 is 34.3 Å². The number of amides is 2. The maximum atomic E-state index is 13.4. The molecule has 2 aliphatic heterocycles. The molecule has 0 atom stereocenters. The lowest BCUT2D eigenvalue weighted by Gasteiger charge is -2.39. The average molecular weight is 688 g/mol. The fourth-order valence-electron chi connectivity index (χ4n) is 6.10. The summed E-state index contributed by atoms with van der Waals surface area (Å²) in [4.78, 5) is 50.1. The van der Waals surface area contributed by atoms with Crippen molar-refractivity contribution >= 4 is 40.8 Å². The van der Waals surface area contributed by atoms with Crippen LogP contribution in [0.5, 0.6) is 5.75 Å². The molecule has 0 aliphatic carbocycles. The van der Waals surface area contributed by atoms with Crippen LogP contribution in [0.15, 0.2) is 48.7 Å². The number of rotatable bonds is 10. The maximum absolute atomic E-state index is 13.4. The number of carbonyl (C=O) groups excluding carboxylic acids is 3. The average Bonchev–Trinajstić information content (AvgIpc) is 3.41. The Hall–Kier alpha value is -4.82. The number of nitrogens with zero attached hydrogens (tertiary/aromatic N) is 4. The predicted octanol–water partition coefficient (Wildman–Crippen LogP) is 3.98. The Morgan fingerprint density at radius 2 is 1.73 bits per heavy atom. The van der Waals surface area contributed by atoms with E-state index in [-0.39, 0.29) is 31.4 Å². The number of methoxy groups -OCH3 is 2. The molecule has 13 nitrogen and oxygen atoms in total. The Morgan fingerprint density at radius 3 is 2.43 bits per heavy atom. The van der Waals surface area contributed by atoms with Crippen LogP contribution in [0, 0.1) is 6.92 Å². The fourth-order valence-corrected chi connectivity index (χ4v) is 6.37. The lowest BCUT2D eigenvalue weighted by molar-refractivity contribution is -0.169. The fraction of sp³-hybridized carbons (Fsp3) is 0.343. The third-order valence-electron chi connectivity index (χ3n) is 9.06. The monoisotopic (exact) mass is 687 g/mol. The number of benzene rings is 2. The molecule has 0 unspecified atom stereocenters. The molecule has 0 radical (unpaired) electrons. The minimum Gasteiger partial charge on any atom is -0.496 e. The summed E-state index contributed by atoms with van der Waals surface area (Å²) in [5.41, 5.74) is 5.09. The van der Waals surface area contributed by atoms with Crippen molar-refractivity contribution in [3.05, 3.63) is 87.7 Å². The third kappa shape index (κ3) is 6.62. The molecular formula is C35H38ClN7O6. The van der Waals surface area contributed by atoms with Crippen LogP contribution >= 0.6 is 11.6 Å². The van der Waals surface area contributed by atoms with E-state index in [4.69, 9.17) is 25.8 Å². The third-order valence-corrected chi connectivity index (χ3v) is 9.46. The van der Waals surface area contributed by atoms with E-state index < -0.39 is 17.4 Å². The van der Waals surface area contributed by atoms with E-state index in [0.29, 0.717) is 45.6 Å². The van der Waals surface area contributed by atoms with Gasteiger partial charge in [-0.1, -0.05) is 35.9 Å². The number of carbonyl (C=O) groups is 3. The summed E-state index contributed by atoms with van der Waals surface area (Å²) in [6, 6.07) is 12.5. The molecule has 49 heavy (non-hydrogen) atoms. The molecule has 1 fully saturated rings. The summed E-state index contributed by atoms with van der Waals surface area (Å²) in [7, 11) is 6.72. The van der Waals surface area contributed by atoms with Crippen LogP contribution in [0.2, 0.25) is 5.02 Å². The lowest BCUT2D eigenvalue weighted by atomic mass is 9.97. The Labute approximate surface area is 288 Å². The first-order chi connectivity index (χ1) is 23.5. The number of hydrogen-bond acceptors (Lipinski definition) is 10. The molecule has 256 valence electrons. The molecule has 2 aromatic heterocycles. The minimum absolute atomic E-state index is 0.144. The van der Waals surface area contributed by atoms with Gasteiger partial charge in [0.05, 0.1) is 43.8 Å². The van der Waals surface area contributed by atoms with E-state index in [2.05, 4.69) is 30.8 Å². The van der Waals surface area contributed by atoms with Crippen LogP contribution in [0.4, 0.5) is 11.4 Å². The molecule has 2 amide bonds. The smallest absolute Gasteiger partial charge is 0.330 e. The van der Waals surface area contributed by atoms with Crippen molar-refractivity contribution in [1.82, 2.24) is 24.8 Å². The Balaban J connectivity index is 1.18. The molecular weight excluding hydrogens is 650 g/mol. The number of imidazole rings is 1. The summed E-state index contributed by atoms with van der Waals surface area (Å²) < 4.78 is 17.5. The number of hydrogen-bond donors (Lipinski definition) is 3. The molecule has 14 heteroatoms. The van der Waals surface area contributed by atoms with Gasteiger partial charge in [-0.3, -0.25) is 19.9 Å². The number of ether oxygens (including phenoxy) is 3. The van der Waals surface area contributed by atoms with Gasteiger partial charge in [0.15, 0.2) is 11.4 Å². The number of likely N-dealkylation sites (N-methyl/N-ethyl adjacent to an activating group) is 1. The van der Waals surface area contributed by atoms with E-state index in [1.807, 2.05) is 49.9 Å². The number of anilines is 2. The van der Waals surface area contributed by atoms with Crippen LogP contribution < -0.4 is 20.7 Å². The number of nitrogens with one attached hydrogen (secondary N) is 3. The van der Waals surface area contributed by atoms with Gasteiger partial charge in [0.1, 0.15) is 11.4 Å². The maximum Gasteiger partial charge on any atom is 0.330 e. The van der Waals surface area contributed by atoms with Crippen molar-refractivity contribution in [3.63, 3.8) is 0 Å². The summed E-state index contributed by atoms with van der Waals surface area (Å²) in [6.07, 6.45) is 2.36. The SMILES string of the molecule is COC(=O)C1(NCc2cnc(C(=O)Nc3cccc(-c4cccc(NC(=O)c5nc6c(n5C)CCN(C)C6)c4Cl)c3C)cc2OC)COC1. The van der Waals surface area contributed by atoms with Gasteiger partial charge in [-0.2, -0.15) is 0 Å². The van der Waals surface area contributed by atoms with E-state index in [1.54, 1.807) is 18.2 Å². The van der Waals surface area contributed by atoms with Crippen molar-refractivity contribution in [3.8, 4) is 16.9 Å². The molecule has 4 heterocycles. The van der Waals surface area contributed by atoms with E-state index in [1.165, 1.54) is 20.4 Å². The van der Waals surface area contributed by atoms with E-state index >= 15 is 0 Å². The summed E-state index contributed by atoms with van der Waals surface area (Å²) in [5, 5.41) is 9.42. The van der Waals surface area contributed by atoms with Crippen LogP contribution in [0.1, 0.15) is 43.6 Å². The Kier molecular flexibility index (Phi) is 9.70. The highest BCUT2D eigenvalue weighted by Crippen LogP contribution is 2.38. The van der Waals surface area contributed by atoms with Gasteiger partial charge in [0, 0.05) is 67.9 Å². The Bertz CT molecular complexity index is 1940. The Morgan fingerprint density at radius 1 is 1.02 bits per heavy atom. The first kappa shape index (κ1) is 34.1. The number of halogens is 1. The van der Waals surface area contributed by atoms with Crippen molar-refractivity contribution in [2.24, 2.45) is 7.05 Å². The summed E-state index contributed by atoms with van der Waals surface area (Å²) in [5.74, 6) is -0.432. The van der Waals surface area contributed by atoms with Gasteiger partial charge in [-0.05, 0) is 37.2 Å². The van der Waals surface area contributed by atoms with Crippen molar-refractivity contribution in [2.75, 3.05) is 51.7 Å².